The molecule has 2 aromatic carbocycles. The standard InChI is InChI=1S/C18H16Cl2N2O2S/c1-25-13-5-3-12(4-6-13)21-17(23)14-8-9-22(18(14)24)16-10-11(19)2-7-15(16)20/h2-7,10,14H,8-9H2,1H3,(H,21,23). The molecule has 7 heteroatoms. The normalized spacial score (nSPS) is 17.0. The van der Waals surface area contributed by atoms with E-state index in [1.165, 1.54) is 4.90 Å². The Labute approximate surface area is 160 Å². The average molecular weight is 395 g/mol. The van der Waals surface area contributed by atoms with Crippen molar-refractivity contribution in [2.45, 2.75) is 11.3 Å². The average Bonchev–Trinajstić information content (AvgIpc) is 2.99. The first-order chi connectivity index (χ1) is 12.0. The predicted octanol–water partition coefficient (Wildman–Crippen LogP) is 4.71. The largest absolute Gasteiger partial charge is 0.325 e. The van der Waals surface area contributed by atoms with Gasteiger partial charge in [-0.1, -0.05) is 23.2 Å². The van der Waals surface area contributed by atoms with E-state index in [0.717, 1.165) is 4.90 Å². The Morgan fingerprint density at radius 3 is 2.60 bits per heavy atom. The second-order valence-corrected chi connectivity index (χ2v) is 7.37. The molecule has 1 N–H and O–H groups in total. The molecule has 25 heavy (non-hydrogen) atoms. The summed E-state index contributed by atoms with van der Waals surface area (Å²) in [4.78, 5) is 27.8. The number of rotatable bonds is 4. The van der Waals surface area contributed by atoms with Gasteiger partial charge in [-0.2, -0.15) is 0 Å². The van der Waals surface area contributed by atoms with Gasteiger partial charge in [0, 0.05) is 22.2 Å². The van der Waals surface area contributed by atoms with Crippen molar-refractivity contribution >= 4 is 58.2 Å². The lowest BCUT2D eigenvalue weighted by molar-refractivity contribution is -0.129. The third-order valence-corrected chi connectivity index (χ3v) is 5.38. The SMILES string of the molecule is CSc1ccc(NC(=O)C2CCN(c3cc(Cl)ccc3Cl)C2=O)cc1. The minimum atomic E-state index is -0.727. The number of carbonyl (C=O) groups excluding carboxylic acids is 2. The van der Waals surface area contributed by atoms with Gasteiger partial charge in [-0.15, -0.1) is 11.8 Å². The highest BCUT2D eigenvalue weighted by atomic mass is 35.5. The van der Waals surface area contributed by atoms with Gasteiger partial charge in [0.25, 0.3) is 0 Å². The number of nitrogens with one attached hydrogen (secondary N) is 1. The molecule has 130 valence electrons. The minimum absolute atomic E-state index is 0.262. The monoisotopic (exact) mass is 394 g/mol. The molecule has 3 rings (SSSR count). The molecule has 0 aliphatic carbocycles. The van der Waals surface area contributed by atoms with Crippen molar-refractivity contribution in [3.05, 3.63) is 52.5 Å². The maximum absolute atomic E-state index is 12.7. The van der Waals surface area contributed by atoms with E-state index >= 15 is 0 Å². The van der Waals surface area contributed by atoms with Crippen LogP contribution in [-0.4, -0.2) is 24.6 Å². The third kappa shape index (κ3) is 3.94. The van der Waals surface area contributed by atoms with Crippen molar-refractivity contribution in [3.63, 3.8) is 0 Å². The fourth-order valence-electron chi connectivity index (χ4n) is 2.76. The molecule has 2 amide bonds. The molecule has 0 aromatic heterocycles. The van der Waals surface area contributed by atoms with Gasteiger partial charge < -0.3 is 10.2 Å². The second-order valence-electron chi connectivity index (χ2n) is 5.64. The summed E-state index contributed by atoms with van der Waals surface area (Å²) in [5.41, 5.74) is 1.22. The summed E-state index contributed by atoms with van der Waals surface area (Å²) < 4.78 is 0. The highest BCUT2D eigenvalue weighted by Crippen LogP contribution is 2.33. The Bertz CT molecular complexity index is 811. The Balaban J connectivity index is 1.72. The molecular weight excluding hydrogens is 379 g/mol. The van der Waals surface area contributed by atoms with Gasteiger partial charge in [0.15, 0.2) is 0 Å². The third-order valence-electron chi connectivity index (χ3n) is 4.08. The lowest BCUT2D eigenvalue weighted by Crippen LogP contribution is -2.33. The van der Waals surface area contributed by atoms with Gasteiger partial charge in [-0.05, 0) is 55.1 Å². The molecule has 0 spiro atoms. The van der Waals surface area contributed by atoms with Crippen LogP contribution >= 0.6 is 35.0 Å². The van der Waals surface area contributed by atoms with Crippen molar-refractivity contribution in [2.24, 2.45) is 5.92 Å². The van der Waals surface area contributed by atoms with Gasteiger partial charge in [0.2, 0.25) is 11.8 Å². The van der Waals surface area contributed by atoms with E-state index < -0.39 is 5.92 Å². The molecule has 1 heterocycles. The Morgan fingerprint density at radius 2 is 1.92 bits per heavy atom. The van der Waals surface area contributed by atoms with E-state index in [9.17, 15) is 9.59 Å². The number of thioether (sulfide) groups is 1. The lowest BCUT2D eigenvalue weighted by Gasteiger charge is -2.18. The smallest absolute Gasteiger partial charge is 0.239 e. The summed E-state index contributed by atoms with van der Waals surface area (Å²) in [5, 5.41) is 3.74. The number of carbonyl (C=O) groups is 2. The van der Waals surface area contributed by atoms with Crippen LogP contribution in [0.15, 0.2) is 47.4 Å². The number of anilines is 2. The summed E-state index contributed by atoms with van der Waals surface area (Å²) in [6, 6.07) is 12.5. The van der Waals surface area contributed by atoms with Crippen LogP contribution in [0.25, 0.3) is 0 Å². The van der Waals surface area contributed by atoms with E-state index in [0.29, 0.717) is 34.4 Å². The topological polar surface area (TPSA) is 49.4 Å². The van der Waals surface area contributed by atoms with Crippen LogP contribution in [0.2, 0.25) is 10.0 Å². The van der Waals surface area contributed by atoms with Crippen LogP contribution in [0.4, 0.5) is 11.4 Å². The van der Waals surface area contributed by atoms with E-state index in [1.807, 2.05) is 30.5 Å². The first kappa shape index (κ1) is 18.1. The first-order valence-corrected chi connectivity index (χ1v) is 9.69. The Morgan fingerprint density at radius 1 is 1.20 bits per heavy atom. The zero-order valence-electron chi connectivity index (χ0n) is 13.5. The van der Waals surface area contributed by atoms with Crippen molar-refractivity contribution < 1.29 is 9.59 Å². The number of hydrogen-bond acceptors (Lipinski definition) is 3. The summed E-state index contributed by atoms with van der Waals surface area (Å²) in [6.45, 7) is 0.433. The first-order valence-electron chi connectivity index (χ1n) is 7.71. The van der Waals surface area contributed by atoms with Gasteiger partial charge in [0.1, 0.15) is 5.92 Å². The summed E-state index contributed by atoms with van der Waals surface area (Å²) in [7, 11) is 0. The zero-order valence-corrected chi connectivity index (χ0v) is 15.8. The number of hydrogen-bond donors (Lipinski definition) is 1. The van der Waals surface area contributed by atoms with Gasteiger partial charge in [-0.25, -0.2) is 0 Å². The van der Waals surface area contributed by atoms with E-state index in [4.69, 9.17) is 23.2 Å². The highest BCUT2D eigenvalue weighted by molar-refractivity contribution is 7.98. The van der Waals surface area contributed by atoms with Crippen LogP contribution in [0.1, 0.15) is 6.42 Å². The molecule has 1 aliphatic heterocycles. The molecule has 1 atom stereocenters. The fraction of sp³-hybridized carbons (Fsp3) is 0.222. The van der Waals surface area contributed by atoms with Crippen LogP contribution in [0.5, 0.6) is 0 Å². The molecule has 2 aromatic rings. The second kappa shape index (κ2) is 7.68. The zero-order chi connectivity index (χ0) is 18.0. The summed E-state index contributed by atoms with van der Waals surface area (Å²) in [5.74, 6) is -1.29. The van der Waals surface area contributed by atoms with Crippen molar-refractivity contribution in [1.82, 2.24) is 0 Å². The number of nitrogens with zero attached hydrogens (tertiary/aromatic N) is 1. The van der Waals surface area contributed by atoms with Gasteiger partial charge in [0.05, 0.1) is 10.7 Å². The summed E-state index contributed by atoms with van der Waals surface area (Å²) >= 11 is 13.8. The van der Waals surface area contributed by atoms with Gasteiger partial charge in [-0.3, -0.25) is 9.59 Å². The molecule has 1 fully saturated rings. The maximum atomic E-state index is 12.7. The molecule has 0 bridgehead atoms. The van der Waals surface area contributed by atoms with Crippen LogP contribution in [0.3, 0.4) is 0 Å². The Hall–Kier alpha value is -1.69. The predicted molar refractivity (Wildman–Crippen MR) is 104 cm³/mol. The number of benzene rings is 2. The number of halogens is 2. The molecule has 1 saturated heterocycles. The van der Waals surface area contributed by atoms with Crippen LogP contribution < -0.4 is 10.2 Å². The Kier molecular flexibility index (Phi) is 5.57. The van der Waals surface area contributed by atoms with Crippen molar-refractivity contribution in [3.8, 4) is 0 Å². The van der Waals surface area contributed by atoms with Crippen LogP contribution in [-0.2, 0) is 9.59 Å². The molecule has 1 unspecified atom stereocenters. The molecule has 0 saturated carbocycles. The highest BCUT2D eigenvalue weighted by Gasteiger charge is 2.38. The fourth-order valence-corrected chi connectivity index (χ4v) is 3.55. The van der Waals surface area contributed by atoms with E-state index in [-0.39, 0.29) is 11.8 Å². The van der Waals surface area contributed by atoms with Gasteiger partial charge >= 0.3 is 0 Å². The minimum Gasteiger partial charge on any atom is -0.325 e. The van der Waals surface area contributed by atoms with Crippen LogP contribution in [0, 0.1) is 5.92 Å². The van der Waals surface area contributed by atoms with E-state index in [1.54, 1.807) is 30.0 Å². The molecular formula is C18H16Cl2N2O2S. The number of amides is 2. The van der Waals surface area contributed by atoms with E-state index in [2.05, 4.69) is 5.32 Å². The molecule has 0 radical (unpaired) electrons. The molecule has 4 nitrogen and oxygen atoms in total. The molecule has 1 aliphatic rings. The summed E-state index contributed by atoms with van der Waals surface area (Å²) in [6.07, 6.45) is 2.43. The van der Waals surface area contributed by atoms with Crippen molar-refractivity contribution in [2.75, 3.05) is 23.0 Å². The van der Waals surface area contributed by atoms with Crippen molar-refractivity contribution in [1.29, 1.82) is 0 Å². The quantitative estimate of drug-likeness (QED) is 0.603. The maximum Gasteiger partial charge on any atom is 0.239 e. The lowest BCUT2D eigenvalue weighted by atomic mass is 10.1.